The molecule has 1 aromatic rings. The average Bonchev–Trinajstić information content (AvgIpc) is 2.97. The molecular formula is C12H17N3OS. The fourth-order valence-corrected chi connectivity index (χ4v) is 3.64. The van der Waals surface area contributed by atoms with Gasteiger partial charge in [-0.25, -0.2) is 4.79 Å². The number of amides is 2. The standard InChI is InChI=1S/C12H17N3OS/c1-8-3-5-17-11(8)10-7-15(12(16)14-10)9-2-4-13-6-9/h3,5,9-10,13H,2,4,6-7H2,1H3,(H,14,16). The Morgan fingerprint density at radius 1 is 1.53 bits per heavy atom. The highest BCUT2D eigenvalue weighted by Crippen LogP contribution is 2.29. The Hall–Kier alpha value is -1.07. The molecule has 0 radical (unpaired) electrons. The third-order valence-corrected chi connectivity index (χ3v) is 4.76. The lowest BCUT2D eigenvalue weighted by Gasteiger charge is -2.21. The van der Waals surface area contributed by atoms with Gasteiger partial charge in [0.1, 0.15) is 0 Å². The number of hydrogen-bond acceptors (Lipinski definition) is 3. The molecule has 2 atom stereocenters. The summed E-state index contributed by atoms with van der Waals surface area (Å²) in [4.78, 5) is 15.3. The van der Waals surface area contributed by atoms with Crippen molar-refractivity contribution in [2.45, 2.75) is 25.4 Å². The molecule has 17 heavy (non-hydrogen) atoms. The van der Waals surface area contributed by atoms with Gasteiger partial charge in [-0.05, 0) is 36.9 Å². The van der Waals surface area contributed by atoms with Crippen LogP contribution in [0.1, 0.15) is 22.9 Å². The van der Waals surface area contributed by atoms with E-state index >= 15 is 0 Å². The number of carbonyl (C=O) groups excluding carboxylic acids is 1. The smallest absolute Gasteiger partial charge is 0.318 e. The minimum atomic E-state index is 0.0940. The van der Waals surface area contributed by atoms with Crippen molar-refractivity contribution < 1.29 is 4.79 Å². The Morgan fingerprint density at radius 2 is 2.41 bits per heavy atom. The van der Waals surface area contributed by atoms with E-state index in [2.05, 4.69) is 29.0 Å². The summed E-state index contributed by atoms with van der Waals surface area (Å²) < 4.78 is 0. The van der Waals surface area contributed by atoms with Crippen LogP contribution in [0.5, 0.6) is 0 Å². The minimum absolute atomic E-state index is 0.0940. The molecule has 92 valence electrons. The van der Waals surface area contributed by atoms with Crippen LogP contribution >= 0.6 is 11.3 Å². The second-order valence-electron chi connectivity index (χ2n) is 4.77. The van der Waals surface area contributed by atoms with Crippen LogP contribution in [0.15, 0.2) is 11.4 Å². The second-order valence-corrected chi connectivity index (χ2v) is 5.72. The van der Waals surface area contributed by atoms with Crippen molar-refractivity contribution in [3.63, 3.8) is 0 Å². The van der Waals surface area contributed by atoms with E-state index in [1.165, 1.54) is 10.4 Å². The number of carbonyl (C=O) groups is 1. The van der Waals surface area contributed by atoms with Crippen LogP contribution in [0.4, 0.5) is 4.79 Å². The summed E-state index contributed by atoms with van der Waals surface area (Å²) in [5.41, 5.74) is 1.28. The van der Waals surface area contributed by atoms with Gasteiger partial charge in [-0.15, -0.1) is 11.3 Å². The zero-order chi connectivity index (χ0) is 11.8. The summed E-state index contributed by atoms with van der Waals surface area (Å²) in [5.74, 6) is 0. The van der Waals surface area contributed by atoms with E-state index < -0.39 is 0 Å². The van der Waals surface area contributed by atoms with Gasteiger partial charge in [0.25, 0.3) is 0 Å². The second kappa shape index (κ2) is 4.31. The van der Waals surface area contributed by atoms with Crippen LogP contribution < -0.4 is 10.6 Å². The quantitative estimate of drug-likeness (QED) is 0.836. The molecule has 0 bridgehead atoms. The number of hydrogen-bond donors (Lipinski definition) is 2. The first-order chi connectivity index (χ1) is 8.25. The lowest BCUT2D eigenvalue weighted by Crippen LogP contribution is -2.39. The van der Waals surface area contributed by atoms with Crippen molar-refractivity contribution in [1.82, 2.24) is 15.5 Å². The zero-order valence-electron chi connectivity index (χ0n) is 9.90. The maximum absolute atomic E-state index is 12.0. The van der Waals surface area contributed by atoms with Gasteiger partial charge in [0.05, 0.1) is 6.04 Å². The van der Waals surface area contributed by atoms with Gasteiger partial charge in [0.15, 0.2) is 0 Å². The van der Waals surface area contributed by atoms with Crippen LogP contribution in [0, 0.1) is 6.92 Å². The molecule has 3 heterocycles. The molecule has 2 fully saturated rings. The van der Waals surface area contributed by atoms with E-state index in [1.54, 1.807) is 11.3 Å². The van der Waals surface area contributed by atoms with E-state index in [-0.39, 0.29) is 12.1 Å². The Bertz CT molecular complexity index is 425. The van der Waals surface area contributed by atoms with Crippen molar-refractivity contribution in [3.8, 4) is 0 Å². The number of nitrogens with zero attached hydrogens (tertiary/aromatic N) is 1. The third kappa shape index (κ3) is 1.93. The van der Waals surface area contributed by atoms with Crippen LogP contribution in [-0.4, -0.2) is 36.6 Å². The van der Waals surface area contributed by atoms with Crippen molar-refractivity contribution >= 4 is 17.4 Å². The minimum Gasteiger partial charge on any atom is -0.329 e. The molecule has 1 aromatic heterocycles. The largest absolute Gasteiger partial charge is 0.329 e. The highest BCUT2D eigenvalue weighted by molar-refractivity contribution is 7.10. The summed E-state index contributed by atoms with van der Waals surface area (Å²) in [7, 11) is 0. The molecule has 0 aromatic carbocycles. The molecule has 0 spiro atoms. The maximum atomic E-state index is 12.0. The summed E-state index contributed by atoms with van der Waals surface area (Å²) in [5, 5.41) is 8.50. The van der Waals surface area contributed by atoms with Crippen molar-refractivity contribution in [1.29, 1.82) is 0 Å². The molecular weight excluding hydrogens is 234 g/mol. The van der Waals surface area contributed by atoms with Gasteiger partial charge in [-0.1, -0.05) is 0 Å². The molecule has 2 saturated heterocycles. The molecule has 2 amide bonds. The third-order valence-electron chi connectivity index (χ3n) is 3.63. The molecule has 2 N–H and O–H groups in total. The Morgan fingerprint density at radius 3 is 3.06 bits per heavy atom. The highest BCUT2D eigenvalue weighted by Gasteiger charge is 2.36. The molecule has 0 saturated carbocycles. The van der Waals surface area contributed by atoms with Gasteiger partial charge in [-0.3, -0.25) is 0 Å². The van der Waals surface area contributed by atoms with Crippen molar-refractivity contribution in [3.05, 3.63) is 21.9 Å². The van der Waals surface area contributed by atoms with E-state index in [1.807, 2.05) is 4.90 Å². The number of thiophene rings is 1. The van der Waals surface area contributed by atoms with Gasteiger partial charge in [0.2, 0.25) is 0 Å². The molecule has 4 nitrogen and oxygen atoms in total. The van der Waals surface area contributed by atoms with Gasteiger partial charge < -0.3 is 15.5 Å². The number of nitrogens with one attached hydrogen (secondary N) is 2. The van der Waals surface area contributed by atoms with E-state index in [4.69, 9.17) is 0 Å². The molecule has 0 aliphatic carbocycles. The summed E-state index contributed by atoms with van der Waals surface area (Å²) in [6.45, 7) is 4.88. The summed E-state index contributed by atoms with van der Waals surface area (Å²) >= 11 is 1.74. The summed E-state index contributed by atoms with van der Waals surface area (Å²) in [6, 6.07) is 2.77. The first kappa shape index (κ1) is 11.0. The molecule has 2 unspecified atom stereocenters. The van der Waals surface area contributed by atoms with Crippen molar-refractivity contribution in [2.24, 2.45) is 0 Å². The lowest BCUT2D eigenvalue weighted by atomic mass is 10.1. The van der Waals surface area contributed by atoms with Crippen LogP contribution in [0.2, 0.25) is 0 Å². The van der Waals surface area contributed by atoms with Gasteiger partial charge in [0, 0.05) is 24.0 Å². The maximum Gasteiger partial charge on any atom is 0.318 e. The molecule has 2 aliphatic heterocycles. The zero-order valence-corrected chi connectivity index (χ0v) is 10.7. The van der Waals surface area contributed by atoms with Crippen LogP contribution in [0.3, 0.4) is 0 Å². The number of urea groups is 1. The Balaban J connectivity index is 1.75. The van der Waals surface area contributed by atoms with E-state index in [0.29, 0.717) is 6.04 Å². The predicted octanol–water partition coefficient (Wildman–Crippen LogP) is 1.48. The predicted molar refractivity (Wildman–Crippen MR) is 68.3 cm³/mol. The van der Waals surface area contributed by atoms with E-state index in [0.717, 1.165) is 26.1 Å². The highest BCUT2D eigenvalue weighted by atomic mass is 32.1. The average molecular weight is 251 g/mol. The van der Waals surface area contributed by atoms with E-state index in [9.17, 15) is 4.79 Å². The number of aryl methyl sites for hydroxylation is 1. The summed E-state index contributed by atoms with van der Waals surface area (Å²) in [6.07, 6.45) is 1.07. The first-order valence-electron chi connectivity index (χ1n) is 6.07. The van der Waals surface area contributed by atoms with Crippen molar-refractivity contribution in [2.75, 3.05) is 19.6 Å². The SMILES string of the molecule is Cc1ccsc1C1CN(C2CCNC2)C(=O)N1. The van der Waals surface area contributed by atoms with Crippen LogP contribution in [0.25, 0.3) is 0 Å². The Kier molecular flexibility index (Phi) is 2.80. The topological polar surface area (TPSA) is 44.4 Å². The molecule has 3 rings (SSSR count). The van der Waals surface area contributed by atoms with Gasteiger partial charge in [-0.2, -0.15) is 0 Å². The fourth-order valence-electron chi connectivity index (χ4n) is 2.67. The monoisotopic (exact) mass is 251 g/mol. The Labute approximate surface area is 105 Å². The number of rotatable bonds is 2. The molecule has 2 aliphatic rings. The fraction of sp³-hybridized carbons (Fsp3) is 0.583. The normalized spacial score (nSPS) is 28.8. The lowest BCUT2D eigenvalue weighted by molar-refractivity contribution is 0.201. The van der Waals surface area contributed by atoms with Crippen LogP contribution in [-0.2, 0) is 0 Å². The first-order valence-corrected chi connectivity index (χ1v) is 6.95. The molecule has 5 heteroatoms. The van der Waals surface area contributed by atoms with Gasteiger partial charge >= 0.3 is 6.03 Å².